The molecule has 1 saturated carbocycles. The summed E-state index contributed by atoms with van der Waals surface area (Å²) in [5.74, 6) is 0.537. The maximum Gasteiger partial charge on any atom is 0.303 e. The zero-order valence-electron chi connectivity index (χ0n) is 17.5. The highest BCUT2D eigenvalue weighted by Crippen LogP contribution is 2.43. The number of rotatable bonds is 11. The summed E-state index contributed by atoms with van der Waals surface area (Å²) in [7, 11) is 0. The zero-order chi connectivity index (χ0) is 20.7. The zero-order valence-corrected chi connectivity index (χ0v) is 18.3. The second kappa shape index (κ2) is 10.8. The van der Waals surface area contributed by atoms with Crippen molar-refractivity contribution in [3.05, 3.63) is 12.2 Å². The van der Waals surface area contributed by atoms with Crippen LogP contribution in [0, 0.1) is 17.3 Å². The molecule has 0 radical (unpaired) electrons. The van der Waals surface area contributed by atoms with Crippen LogP contribution < -0.4 is 0 Å². The highest BCUT2D eigenvalue weighted by atomic mass is 32.2. The first-order chi connectivity index (χ1) is 13.2. The molecule has 0 aromatic rings. The van der Waals surface area contributed by atoms with Crippen molar-refractivity contribution >= 4 is 22.8 Å². The Morgan fingerprint density at radius 1 is 1.36 bits per heavy atom. The van der Waals surface area contributed by atoms with Crippen molar-refractivity contribution in [1.29, 1.82) is 0 Å². The summed E-state index contributed by atoms with van der Waals surface area (Å²) >= 11 is 1.74. The first-order valence-corrected chi connectivity index (χ1v) is 11.7. The lowest BCUT2D eigenvalue weighted by Crippen LogP contribution is -2.28. The topological polar surface area (TPSA) is 90.1 Å². The number of hydrogen-bond donors (Lipinski definition) is 3. The van der Waals surface area contributed by atoms with Gasteiger partial charge in [0.25, 0.3) is 0 Å². The van der Waals surface area contributed by atoms with Gasteiger partial charge < -0.3 is 15.3 Å². The van der Waals surface area contributed by atoms with E-state index in [1.54, 1.807) is 11.8 Å². The number of aliphatic hydroxyl groups excluding tert-OH is 2. The number of carboxylic acids is 1. The van der Waals surface area contributed by atoms with Gasteiger partial charge in [-0.25, -0.2) is 0 Å². The van der Waals surface area contributed by atoms with Crippen molar-refractivity contribution < 1.29 is 20.1 Å². The number of unbranched alkanes of at least 4 members (excludes halogenated alkanes) is 2. The minimum Gasteiger partial charge on any atom is -0.481 e. The number of carboxylic acid groups (broad SMARTS) is 1. The molecule has 5 atom stereocenters. The number of nitrogens with zero attached hydrogens (tertiary/aromatic N) is 1. The molecular formula is C22H37NO4S. The molecule has 28 heavy (non-hydrogen) atoms. The lowest BCUT2D eigenvalue weighted by atomic mass is 9.80. The highest BCUT2D eigenvalue weighted by molar-refractivity contribution is 8.13. The quantitative estimate of drug-likeness (QED) is 0.349. The third kappa shape index (κ3) is 6.60. The SMILES string of the molecule is CCCCC(C)(C)[C@@H](O)C=CC1C(O)CC2N=C(SCCCCC(=O)O)CC21. The largest absolute Gasteiger partial charge is 0.481 e. The van der Waals surface area contributed by atoms with Gasteiger partial charge in [0.2, 0.25) is 0 Å². The highest BCUT2D eigenvalue weighted by Gasteiger charge is 2.45. The van der Waals surface area contributed by atoms with Gasteiger partial charge in [-0.15, -0.1) is 11.8 Å². The second-order valence-electron chi connectivity index (χ2n) is 8.96. The van der Waals surface area contributed by atoms with Gasteiger partial charge in [0.1, 0.15) is 0 Å². The number of hydrogen-bond acceptors (Lipinski definition) is 5. The Labute approximate surface area is 173 Å². The second-order valence-corrected chi connectivity index (χ2v) is 10.1. The van der Waals surface area contributed by atoms with Crippen LogP contribution in [-0.4, -0.2) is 50.3 Å². The minimum atomic E-state index is -0.735. The van der Waals surface area contributed by atoms with Crippen LogP contribution in [0.3, 0.4) is 0 Å². The number of carbonyl (C=O) groups is 1. The van der Waals surface area contributed by atoms with E-state index in [9.17, 15) is 15.0 Å². The molecule has 0 saturated heterocycles. The molecule has 4 unspecified atom stereocenters. The van der Waals surface area contributed by atoms with E-state index in [0.717, 1.165) is 42.9 Å². The van der Waals surface area contributed by atoms with E-state index in [1.165, 1.54) is 0 Å². The van der Waals surface area contributed by atoms with E-state index in [2.05, 4.69) is 20.8 Å². The molecule has 160 valence electrons. The molecule has 5 nitrogen and oxygen atoms in total. The van der Waals surface area contributed by atoms with E-state index in [-0.39, 0.29) is 29.9 Å². The summed E-state index contributed by atoms with van der Waals surface area (Å²) in [5, 5.41) is 30.9. The van der Waals surface area contributed by atoms with Gasteiger partial charge in [-0.05, 0) is 42.8 Å². The summed E-state index contributed by atoms with van der Waals surface area (Å²) in [6.07, 6.45) is 9.65. The monoisotopic (exact) mass is 411 g/mol. The summed E-state index contributed by atoms with van der Waals surface area (Å²) in [6.45, 7) is 6.36. The predicted octanol–water partition coefficient (Wildman–Crippen LogP) is 4.28. The Kier molecular flexibility index (Phi) is 9.03. The molecule has 0 bridgehead atoms. The van der Waals surface area contributed by atoms with Gasteiger partial charge >= 0.3 is 5.97 Å². The smallest absolute Gasteiger partial charge is 0.303 e. The van der Waals surface area contributed by atoms with E-state index in [4.69, 9.17) is 10.1 Å². The van der Waals surface area contributed by atoms with Crippen LogP contribution in [0.1, 0.15) is 72.1 Å². The predicted molar refractivity (Wildman–Crippen MR) is 116 cm³/mol. The molecule has 0 spiro atoms. The van der Waals surface area contributed by atoms with Crippen molar-refractivity contribution in [2.24, 2.45) is 22.2 Å². The lowest BCUT2D eigenvalue weighted by molar-refractivity contribution is -0.137. The Bertz CT molecular complexity index is 575. The average Bonchev–Trinajstić information content (AvgIpc) is 3.13. The molecular weight excluding hydrogens is 374 g/mol. The normalized spacial score (nSPS) is 28.5. The van der Waals surface area contributed by atoms with Crippen LogP contribution in [0.15, 0.2) is 17.1 Å². The standard InChI is InChI=1S/C22H37NO4S/c1-4-5-11-22(2,3)19(25)10-9-15-16-13-20(23-17(16)14-18(15)24)28-12-7-6-8-21(26)27/h9-10,15-19,24-25H,4-8,11-14H2,1-3H3,(H,26,27)/t15?,16?,17?,18?,19-/m0/s1. The molecule has 2 rings (SSSR count). The van der Waals surface area contributed by atoms with Crippen LogP contribution in [0.25, 0.3) is 0 Å². The third-order valence-electron chi connectivity index (χ3n) is 6.18. The first-order valence-electron chi connectivity index (χ1n) is 10.7. The molecule has 6 heteroatoms. The molecule has 2 aliphatic rings. The summed E-state index contributed by atoms with van der Waals surface area (Å²) < 4.78 is 0. The van der Waals surface area contributed by atoms with Gasteiger partial charge in [-0.1, -0.05) is 45.8 Å². The average molecular weight is 412 g/mol. The summed E-state index contributed by atoms with van der Waals surface area (Å²) in [4.78, 5) is 15.4. The minimum absolute atomic E-state index is 0.0514. The molecule has 1 aliphatic heterocycles. The first kappa shape index (κ1) is 23.4. The Hall–Kier alpha value is -0.850. The maximum atomic E-state index is 10.6. The van der Waals surface area contributed by atoms with Gasteiger partial charge in [-0.3, -0.25) is 9.79 Å². The van der Waals surface area contributed by atoms with Crippen LogP contribution >= 0.6 is 11.8 Å². The molecule has 0 aromatic carbocycles. The van der Waals surface area contributed by atoms with E-state index in [0.29, 0.717) is 18.8 Å². The van der Waals surface area contributed by atoms with E-state index >= 15 is 0 Å². The molecule has 1 fully saturated rings. The molecule has 0 aromatic heterocycles. The van der Waals surface area contributed by atoms with Crippen LogP contribution in [0.2, 0.25) is 0 Å². The van der Waals surface area contributed by atoms with Gasteiger partial charge in [0, 0.05) is 18.8 Å². The lowest BCUT2D eigenvalue weighted by Gasteiger charge is -2.29. The fourth-order valence-electron chi connectivity index (χ4n) is 4.19. The summed E-state index contributed by atoms with van der Waals surface area (Å²) in [5.41, 5.74) is -0.154. The van der Waals surface area contributed by atoms with Crippen molar-refractivity contribution in [1.82, 2.24) is 0 Å². The van der Waals surface area contributed by atoms with Crippen molar-refractivity contribution in [2.75, 3.05) is 5.75 Å². The van der Waals surface area contributed by atoms with Crippen LogP contribution in [0.4, 0.5) is 0 Å². The van der Waals surface area contributed by atoms with Gasteiger partial charge in [0.05, 0.1) is 23.3 Å². The molecule has 3 N–H and O–H groups in total. The van der Waals surface area contributed by atoms with E-state index < -0.39 is 12.1 Å². The Morgan fingerprint density at radius 2 is 2.11 bits per heavy atom. The number of aliphatic hydroxyl groups is 2. The van der Waals surface area contributed by atoms with Crippen molar-refractivity contribution in [2.45, 2.75) is 90.4 Å². The van der Waals surface area contributed by atoms with E-state index in [1.807, 2.05) is 12.2 Å². The third-order valence-corrected chi connectivity index (χ3v) is 7.28. The molecule has 1 heterocycles. The van der Waals surface area contributed by atoms with Crippen LogP contribution in [-0.2, 0) is 4.79 Å². The Balaban J connectivity index is 1.84. The van der Waals surface area contributed by atoms with Crippen molar-refractivity contribution in [3.63, 3.8) is 0 Å². The molecule has 1 aliphatic carbocycles. The number of aliphatic imine (C=N–C) groups is 1. The van der Waals surface area contributed by atoms with Gasteiger partial charge in [0.15, 0.2) is 0 Å². The number of fused-ring (bicyclic) bond motifs is 1. The Morgan fingerprint density at radius 3 is 2.79 bits per heavy atom. The maximum absolute atomic E-state index is 10.6. The fraction of sp³-hybridized carbons (Fsp3) is 0.818. The fourth-order valence-corrected chi connectivity index (χ4v) is 5.30. The van der Waals surface area contributed by atoms with Crippen molar-refractivity contribution in [3.8, 4) is 0 Å². The number of aliphatic carboxylic acids is 1. The van der Waals surface area contributed by atoms with Crippen LogP contribution in [0.5, 0.6) is 0 Å². The number of thioether (sulfide) groups is 1. The summed E-state index contributed by atoms with van der Waals surface area (Å²) in [6, 6.07) is 0.177. The molecule has 0 amide bonds. The van der Waals surface area contributed by atoms with Gasteiger partial charge in [-0.2, -0.15) is 0 Å².